The molecule has 1 aromatic carbocycles. The van der Waals surface area contributed by atoms with Crippen LogP contribution in [0.1, 0.15) is 30.8 Å². The van der Waals surface area contributed by atoms with Crippen molar-refractivity contribution in [2.45, 2.75) is 40.0 Å². The predicted molar refractivity (Wildman–Crippen MR) is 124 cm³/mol. The molecule has 0 saturated carbocycles. The van der Waals surface area contributed by atoms with Crippen LogP contribution < -0.4 is 0 Å². The van der Waals surface area contributed by atoms with E-state index >= 15 is 0 Å². The Balaban J connectivity index is 1.52. The average molecular weight is 434 g/mol. The molecular formula is C25H31N5O2. The summed E-state index contributed by atoms with van der Waals surface area (Å²) in [6.07, 6.45) is 3.49. The third-order valence-corrected chi connectivity index (χ3v) is 5.61. The minimum absolute atomic E-state index is 0.0888. The second-order valence-corrected chi connectivity index (χ2v) is 8.90. The second kappa shape index (κ2) is 10.1. The molecule has 1 unspecified atom stereocenters. The Morgan fingerprint density at radius 2 is 1.88 bits per heavy atom. The fourth-order valence-corrected chi connectivity index (χ4v) is 4.08. The molecule has 3 aromatic rings. The van der Waals surface area contributed by atoms with E-state index in [0.717, 1.165) is 34.5 Å². The summed E-state index contributed by atoms with van der Waals surface area (Å²) in [5, 5.41) is 0. The molecule has 3 heterocycles. The number of amides is 1. The van der Waals surface area contributed by atoms with Gasteiger partial charge in [0.25, 0.3) is 0 Å². The van der Waals surface area contributed by atoms with E-state index in [1.165, 1.54) is 0 Å². The van der Waals surface area contributed by atoms with Crippen molar-refractivity contribution in [3.63, 3.8) is 0 Å². The van der Waals surface area contributed by atoms with Crippen LogP contribution in [0.25, 0.3) is 11.0 Å². The molecule has 1 saturated heterocycles. The van der Waals surface area contributed by atoms with Crippen molar-refractivity contribution in [3.05, 3.63) is 65.7 Å². The number of pyridine rings is 1. The number of rotatable bonds is 7. The zero-order valence-electron chi connectivity index (χ0n) is 19.1. The number of carbonyl (C=O) groups excluding carboxylic acids is 1. The maximum absolute atomic E-state index is 13.1. The maximum Gasteiger partial charge on any atom is 0.236 e. The van der Waals surface area contributed by atoms with Crippen molar-refractivity contribution < 1.29 is 9.53 Å². The van der Waals surface area contributed by atoms with Crippen LogP contribution in [0.5, 0.6) is 0 Å². The van der Waals surface area contributed by atoms with Gasteiger partial charge in [-0.05, 0) is 36.6 Å². The molecule has 1 atom stereocenters. The first-order valence-electron chi connectivity index (χ1n) is 11.2. The molecule has 0 aliphatic carbocycles. The Labute approximate surface area is 189 Å². The number of para-hydroxylation sites is 2. The number of hydrogen-bond acceptors (Lipinski definition) is 6. The summed E-state index contributed by atoms with van der Waals surface area (Å²) in [7, 11) is 0. The van der Waals surface area contributed by atoms with Gasteiger partial charge >= 0.3 is 0 Å². The zero-order valence-corrected chi connectivity index (χ0v) is 19.1. The smallest absolute Gasteiger partial charge is 0.236 e. The van der Waals surface area contributed by atoms with Crippen molar-refractivity contribution in [1.29, 1.82) is 0 Å². The Hall–Kier alpha value is -2.90. The lowest BCUT2D eigenvalue weighted by Crippen LogP contribution is -2.40. The summed E-state index contributed by atoms with van der Waals surface area (Å²) in [4.78, 5) is 30.8. The molecule has 0 radical (unpaired) electrons. The quantitative estimate of drug-likeness (QED) is 0.570. The van der Waals surface area contributed by atoms with Crippen LogP contribution in [0.2, 0.25) is 0 Å². The molecule has 32 heavy (non-hydrogen) atoms. The summed E-state index contributed by atoms with van der Waals surface area (Å²) >= 11 is 0. The topological polar surface area (TPSA) is 71.5 Å². The van der Waals surface area contributed by atoms with Gasteiger partial charge in [-0.15, -0.1) is 0 Å². The minimum Gasteiger partial charge on any atom is -0.370 e. The van der Waals surface area contributed by atoms with Gasteiger partial charge in [0.15, 0.2) is 0 Å². The van der Waals surface area contributed by atoms with Crippen LogP contribution in [0.3, 0.4) is 0 Å². The van der Waals surface area contributed by atoms with Crippen LogP contribution in [0.15, 0.2) is 48.8 Å². The number of hydrogen-bond donors (Lipinski definition) is 0. The van der Waals surface area contributed by atoms with Crippen molar-refractivity contribution >= 4 is 16.9 Å². The van der Waals surface area contributed by atoms with E-state index in [1.54, 1.807) is 6.20 Å². The summed E-state index contributed by atoms with van der Waals surface area (Å²) < 4.78 is 6.27. The highest BCUT2D eigenvalue weighted by molar-refractivity contribution is 5.78. The van der Waals surface area contributed by atoms with E-state index in [9.17, 15) is 4.79 Å². The number of ether oxygens (including phenoxy) is 1. The fourth-order valence-electron chi connectivity index (χ4n) is 4.08. The third-order valence-electron chi connectivity index (χ3n) is 5.61. The van der Waals surface area contributed by atoms with Gasteiger partial charge in [-0.2, -0.15) is 0 Å². The molecule has 7 heteroatoms. The van der Waals surface area contributed by atoms with Gasteiger partial charge in [-0.3, -0.25) is 14.7 Å². The second-order valence-electron chi connectivity index (χ2n) is 8.90. The SMILES string of the molecule is Cc1nc2ccccc2nc1CN1CC(=O)N(CC(C)C)CC(OCc2cccnc2)C1. The lowest BCUT2D eigenvalue weighted by atomic mass is 10.2. The van der Waals surface area contributed by atoms with E-state index in [1.807, 2.05) is 54.4 Å². The third kappa shape index (κ3) is 5.66. The molecule has 1 amide bonds. The van der Waals surface area contributed by atoms with Crippen molar-refractivity contribution in [2.75, 3.05) is 26.2 Å². The average Bonchev–Trinajstić information content (AvgIpc) is 2.91. The largest absolute Gasteiger partial charge is 0.370 e. The van der Waals surface area contributed by atoms with Gasteiger partial charge in [-0.1, -0.05) is 32.0 Å². The van der Waals surface area contributed by atoms with Crippen LogP contribution in [-0.4, -0.2) is 62.9 Å². The van der Waals surface area contributed by atoms with Crippen LogP contribution >= 0.6 is 0 Å². The number of fused-ring (bicyclic) bond motifs is 1. The van der Waals surface area contributed by atoms with Gasteiger partial charge < -0.3 is 9.64 Å². The minimum atomic E-state index is -0.0888. The van der Waals surface area contributed by atoms with Gasteiger partial charge in [0, 0.05) is 38.6 Å². The molecule has 0 spiro atoms. The summed E-state index contributed by atoms with van der Waals surface area (Å²) in [5.41, 5.74) is 4.59. The molecule has 1 fully saturated rings. The highest BCUT2D eigenvalue weighted by Crippen LogP contribution is 2.17. The normalized spacial score (nSPS) is 17.8. The Kier molecular flexibility index (Phi) is 7.07. The summed E-state index contributed by atoms with van der Waals surface area (Å²) in [6.45, 7) is 9.63. The number of aromatic nitrogens is 3. The molecule has 0 N–H and O–H groups in total. The van der Waals surface area contributed by atoms with Gasteiger partial charge in [0.2, 0.25) is 5.91 Å². The van der Waals surface area contributed by atoms with E-state index < -0.39 is 0 Å². The fraction of sp³-hybridized carbons (Fsp3) is 0.440. The first-order chi connectivity index (χ1) is 15.5. The van der Waals surface area contributed by atoms with Crippen molar-refractivity contribution in [2.24, 2.45) is 5.92 Å². The van der Waals surface area contributed by atoms with E-state index in [0.29, 0.717) is 38.7 Å². The van der Waals surface area contributed by atoms with Crippen molar-refractivity contribution in [1.82, 2.24) is 24.8 Å². The van der Waals surface area contributed by atoms with Crippen LogP contribution in [0.4, 0.5) is 0 Å². The Morgan fingerprint density at radius 3 is 2.59 bits per heavy atom. The number of nitrogens with zero attached hydrogens (tertiary/aromatic N) is 5. The monoisotopic (exact) mass is 433 g/mol. The highest BCUT2D eigenvalue weighted by atomic mass is 16.5. The first-order valence-corrected chi connectivity index (χ1v) is 11.2. The lowest BCUT2D eigenvalue weighted by molar-refractivity contribution is -0.132. The number of carbonyl (C=O) groups is 1. The molecule has 2 aromatic heterocycles. The molecule has 0 bridgehead atoms. The van der Waals surface area contributed by atoms with Gasteiger partial charge in [-0.25, -0.2) is 9.97 Å². The van der Waals surface area contributed by atoms with Crippen LogP contribution in [0, 0.1) is 12.8 Å². The van der Waals surface area contributed by atoms with Gasteiger partial charge in [0.05, 0.1) is 41.7 Å². The summed E-state index contributed by atoms with van der Waals surface area (Å²) in [5.74, 6) is 0.538. The Bertz CT molecular complexity index is 1060. The standard InChI is InChI=1S/C25H31N5O2/c1-18(2)12-30-14-21(32-17-20-7-6-10-26-11-20)13-29(16-25(30)31)15-24-19(3)27-22-8-4-5-9-23(22)28-24/h4-11,18,21H,12-17H2,1-3H3. The van der Waals surface area contributed by atoms with Gasteiger partial charge in [0.1, 0.15) is 0 Å². The molecule has 1 aliphatic rings. The molecule has 168 valence electrons. The maximum atomic E-state index is 13.1. The van der Waals surface area contributed by atoms with E-state index in [-0.39, 0.29) is 12.0 Å². The predicted octanol–water partition coefficient (Wildman–Crippen LogP) is 3.22. The molecule has 7 nitrogen and oxygen atoms in total. The number of aryl methyl sites for hydroxylation is 1. The van der Waals surface area contributed by atoms with E-state index in [4.69, 9.17) is 14.7 Å². The number of benzene rings is 1. The summed E-state index contributed by atoms with van der Waals surface area (Å²) in [6, 6.07) is 11.8. The van der Waals surface area contributed by atoms with Crippen molar-refractivity contribution in [3.8, 4) is 0 Å². The van der Waals surface area contributed by atoms with E-state index in [2.05, 4.69) is 23.7 Å². The first kappa shape index (κ1) is 22.3. The van der Waals surface area contributed by atoms with Crippen LogP contribution in [-0.2, 0) is 22.7 Å². The lowest BCUT2D eigenvalue weighted by Gasteiger charge is -2.26. The molecule has 4 rings (SSSR count). The molecular weight excluding hydrogens is 402 g/mol. The Morgan fingerprint density at radius 1 is 1.09 bits per heavy atom. The zero-order chi connectivity index (χ0) is 22.5. The highest BCUT2D eigenvalue weighted by Gasteiger charge is 2.29. The molecule has 1 aliphatic heterocycles.